The third-order valence-corrected chi connectivity index (χ3v) is 0. The lowest BCUT2D eigenvalue weighted by molar-refractivity contribution is -0.115. The predicted molar refractivity (Wildman–Crippen MR) is 66.4 cm³/mol. The van der Waals surface area contributed by atoms with Crippen LogP contribution in [0.25, 0.3) is 0 Å². The van der Waals surface area contributed by atoms with E-state index in [2.05, 4.69) is 0 Å². The van der Waals surface area contributed by atoms with Gasteiger partial charge in [-0.3, -0.25) is 0 Å². The van der Waals surface area contributed by atoms with Crippen molar-refractivity contribution in [1.29, 1.82) is 0 Å². The van der Waals surface area contributed by atoms with Crippen molar-refractivity contribution in [2.45, 2.75) is 47.6 Å². The fraction of sp³-hybridized carbons (Fsp3) is 0.818. The molecule has 0 aliphatic rings. The van der Waals surface area contributed by atoms with Crippen LogP contribution in [0.1, 0.15) is 41.5 Å². The molecule has 0 radical (unpaired) electrons. The summed E-state index contributed by atoms with van der Waals surface area (Å²) in [6.07, 6.45) is 0.583. The quantitative estimate of drug-likeness (QED) is 0.544. The van der Waals surface area contributed by atoms with Crippen molar-refractivity contribution in [2.75, 3.05) is 13.7 Å². The van der Waals surface area contributed by atoms with E-state index >= 15 is 0 Å². The summed E-state index contributed by atoms with van der Waals surface area (Å²) < 4.78 is 0. The Morgan fingerprint density at radius 3 is 1.25 bits per heavy atom. The molecule has 0 aromatic carbocycles. The molecular weight excluding hydrogens is 212 g/mol. The molecule has 0 spiro atoms. The Balaban J connectivity index is -0.0000000322. The first-order valence-corrected chi connectivity index (χ1v) is 4.90. The number of carbonyl (C=O) groups excluding carboxylic acids is 2. The molecule has 0 aliphatic heterocycles. The van der Waals surface area contributed by atoms with E-state index in [1.54, 1.807) is 20.8 Å². The number of hydrogen-bond acceptors (Lipinski definition) is 5. The minimum atomic E-state index is -0.167. The second-order valence-electron chi connectivity index (χ2n) is 2.55. The summed E-state index contributed by atoms with van der Waals surface area (Å²) in [5.41, 5.74) is 0. The van der Waals surface area contributed by atoms with Crippen LogP contribution >= 0.6 is 0 Å². The monoisotopic (exact) mass is 240 g/mol. The summed E-state index contributed by atoms with van der Waals surface area (Å²) in [6.45, 7) is 9.88. The lowest BCUT2D eigenvalue weighted by Gasteiger charge is -1.80. The first-order valence-electron chi connectivity index (χ1n) is 4.90. The topological polar surface area (TPSA) is 94.8 Å². The predicted octanol–water partition coefficient (Wildman–Crippen LogP) is 0.795. The van der Waals surface area contributed by atoms with Crippen LogP contribution in [0.4, 0.5) is 0 Å². The molecule has 0 aliphatic carbocycles. The third-order valence-electron chi connectivity index (χ3n) is 0. The molecule has 102 valence electrons. The van der Waals surface area contributed by atoms with Crippen LogP contribution in [-0.2, 0) is 9.59 Å². The molecule has 0 unspecified atom stereocenters. The van der Waals surface area contributed by atoms with Crippen LogP contribution in [0.5, 0.6) is 0 Å². The molecule has 0 bridgehead atoms. The van der Waals surface area contributed by atoms with Crippen LogP contribution in [0, 0.1) is 0 Å². The van der Waals surface area contributed by atoms with Crippen molar-refractivity contribution < 1.29 is 24.9 Å². The standard InChI is InChI=1S/C3H8O.C3H6O.C2H6O.C2H4O.CH4O/c2*1-3(2)4;2*1-2-3;1-2/h3-4H,1-2H3;1-2H3;3H,2H2,1H3;2H,1H3;2H,1H3. The normalized spacial score (nSPS) is 6.19. The third kappa shape index (κ3) is 3240. The Labute approximate surface area is 99.1 Å². The highest BCUT2D eigenvalue weighted by atomic mass is 16.3. The fourth-order valence-corrected chi connectivity index (χ4v) is 0. The zero-order valence-corrected chi connectivity index (χ0v) is 11.5. The SMILES string of the molecule is CC(C)=O.CC(C)O.CC=O.CCO.CO. The van der Waals surface area contributed by atoms with Gasteiger partial charge in [0.1, 0.15) is 12.1 Å². The van der Waals surface area contributed by atoms with Crippen LogP contribution in [0.3, 0.4) is 0 Å². The average Bonchev–Trinajstić information content (AvgIpc) is 2.07. The lowest BCUT2D eigenvalue weighted by atomic mass is 10.5. The van der Waals surface area contributed by atoms with E-state index in [4.69, 9.17) is 20.1 Å². The van der Waals surface area contributed by atoms with Crippen molar-refractivity contribution in [3.05, 3.63) is 0 Å². The molecular formula is C11H28O5. The molecule has 0 rings (SSSR count). The molecule has 5 nitrogen and oxygen atoms in total. The Kier molecular flexibility index (Phi) is 87.8. The molecule has 16 heavy (non-hydrogen) atoms. The molecule has 0 atom stereocenters. The van der Waals surface area contributed by atoms with E-state index in [1.165, 1.54) is 20.8 Å². The van der Waals surface area contributed by atoms with E-state index in [-0.39, 0.29) is 18.5 Å². The highest BCUT2D eigenvalue weighted by molar-refractivity contribution is 5.72. The van der Waals surface area contributed by atoms with Gasteiger partial charge in [-0.2, -0.15) is 0 Å². The van der Waals surface area contributed by atoms with Gasteiger partial charge >= 0.3 is 0 Å². The van der Waals surface area contributed by atoms with Crippen molar-refractivity contribution in [1.82, 2.24) is 0 Å². The molecule has 3 N–H and O–H groups in total. The average molecular weight is 240 g/mol. The summed E-state index contributed by atoms with van der Waals surface area (Å²) in [6, 6.07) is 0. The largest absolute Gasteiger partial charge is 0.400 e. The van der Waals surface area contributed by atoms with Crippen LogP contribution in [0.2, 0.25) is 0 Å². The van der Waals surface area contributed by atoms with Gasteiger partial charge < -0.3 is 24.9 Å². The second-order valence-corrected chi connectivity index (χ2v) is 2.55. The van der Waals surface area contributed by atoms with Crippen molar-refractivity contribution in [2.24, 2.45) is 0 Å². The van der Waals surface area contributed by atoms with Crippen LogP contribution < -0.4 is 0 Å². The maximum Gasteiger partial charge on any atom is 0.126 e. The molecule has 0 saturated carbocycles. The van der Waals surface area contributed by atoms with Crippen molar-refractivity contribution >= 4 is 12.1 Å². The number of aliphatic hydroxyl groups is 3. The second kappa shape index (κ2) is 47.7. The van der Waals surface area contributed by atoms with E-state index in [0.717, 1.165) is 13.4 Å². The number of carbonyl (C=O) groups is 2. The zero-order valence-electron chi connectivity index (χ0n) is 11.5. The van der Waals surface area contributed by atoms with Crippen molar-refractivity contribution in [3.8, 4) is 0 Å². The number of Topliss-reactive ketones (excluding diaryl/α,β-unsaturated/α-hetero) is 1. The molecule has 0 aromatic rings. The maximum absolute atomic E-state index is 9.44. The minimum Gasteiger partial charge on any atom is -0.400 e. The molecule has 0 saturated heterocycles. The number of hydrogen-bond donors (Lipinski definition) is 3. The molecule has 0 aromatic heterocycles. The van der Waals surface area contributed by atoms with Gasteiger partial charge in [0.15, 0.2) is 0 Å². The highest BCUT2D eigenvalue weighted by Gasteiger charge is 1.69. The fourth-order valence-electron chi connectivity index (χ4n) is 0. The number of aliphatic hydroxyl groups excluding tert-OH is 3. The van der Waals surface area contributed by atoms with Crippen LogP contribution in [0.15, 0.2) is 0 Å². The van der Waals surface area contributed by atoms with Gasteiger partial charge in [0.05, 0.1) is 0 Å². The van der Waals surface area contributed by atoms with Gasteiger partial charge in [0, 0.05) is 19.8 Å². The Hall–Kier alpha value is -0.780. The van der Waals surface area contributed by atoms with E-state index in [0.29, 0.717) is 0 Å². The summed E-state index contributed by atoms with van der Waals surface area (Å²) in [5.74, 6) is 0.167. The summed E-state index contributed by atoms with van der Waals surface area (Å²) in [7, 11) is 1.00. The van der Waals surface area contributed by atoms with E-state index < -0.39 is 0 Å². The maximum atomic E-state index is 9.44. The van der Waals surface area contributed by atoms with Gasteiger partial charge in [-0.1, -0.05) is 0 Å². The zero-order chi connectivity index (χ0) is 14.6. The molecule has 0 fully saturated rings. The van der Waals surface area contributed by atoms with Crippen LogP contribution in [-0.4, -0.2) is 47.2 Å². The summed E-state index contributed by atoms with van der Waals surface area (Å²) >= 11 is 0. The Bertz CT molecular complexity index is 95.8. The summed E-state index contributed by atoms with van der Waals surface area (Å²) in [4.78, 5) is 18.2. The Morgan fingerprint density at radius 1 is 1.25 bits per heavy atom. The number of rotatable bonds is 0. The highest BCUT2D eigenvalue weighted by Crippen LogP contribution is 1.65. The first kappa shape index (κ1) is 29.5. The van der Waals surface area contributed by atoms with Gasteiger partial charge in [-0.05, 0) is 41.5 Å². The molecule has 0 amide bonds. The number of ketones is 1. The van der Waals surface area contributed by atoms with E-state index in [9.17, 15) is 4.79 Å². The number of aldehydes is 1. The van der Waals surface area contributed by atoms with Gasteiger partial charge in [0.25, 0.3) is 0 Å². The lowest BCUT2D eigenvalue weighted by Crippen LogP contribution is -1.85. The van der Waals surface area contributed by atoms with Gasteiger partial charge in [-0.15, -0.1) is 0 Å². The minimum absolute atomic E-state index is 0.167. The smallest absolute Gasteiger partial charge is 0.126 e. The molecule has 5 heteroatoms. The van der Waals surface area contributed by atoms with E-state index in [1.807, 2.05) is 0 Å². The first-order chi connectivity index (χ1) is 7.29. The molecule has 0 heterocycles. The van der Waals surface area contributed by atoms with Gasteiger partial charge in [0.2, 0.25) is 0 Å². The van der Waals surface area contributed by atoms with Crippen molar-refractivity contribution in [3.63, 3.8) is 0 Å². The Morgan fingerprint density at radius 2 is 1.25 bits per heavy atom. The van der Waals surface area contributed by atoms with Gasteiger partial charge in [-0.25, -0.2) is 0 Å². The summed E-state index contributed by atoms with van der Waals surface area (Å²) in [5, 5.41) is 22.6.